The zero-order valence-corrected chi connectivity index (χ0v) is 9.18. The van der Waals surface area contributed by atoms with Gasteiger partial charge in [-0.25, -0.2) is 0 Å². The van der Waals surface area contributed by atoms with Crippen molar-refractivity contribution < 1.29 is 0 Å². The van der Waals surface area contributed by atoms with Crippen molar-refractivity contribution in [3.63, 3.8) is 0 Å². The normalized spacial score (nSPS) is 5.33. The van der Waals surface area contributed by atoms with Crippen molar-refractivity contribution in [3.8, 4) is 0 Å². The predicted octanol–water partition coefficient (Wildman–Crippen LogP) is -0.827. The van der Waals surface area contributed by atoms with Gasteiger partial charge in [0, 0.05) is 0 Å². The summed E-state index contributed by atoms with van der Waals surface area (Å²) in [7, 11) is 0. The molecule has 0 aromatic heterocycles. The number of nitrogens with two attached hydrogens (primary N) is 2. The molecule has 0 bridgehead atoms. The van der Waals surface area contributed by atoms with Gasteiger partial charge in [0.15, 0.2) is 0 Å². The maximum absolute atomic E-state index is 4.66. The van der Waals surface area contributed by atoms with E-state index >= 15 is 0 Å². The number of thiocarbonyl (C=S) groups is 2. The Bertz CT molecular complexity index is 74.6. The van der Waals surface area contributed by atoms with Crippen molar-refractivity contribution in [1.82, 2.24) is 0 Å². The van der Waals surface area contributed by atoms with Crippen LogP contribution in [0.3, 0.4) is 0 Å². The van der Waals surface area contributed by atoms with Crippen molar-refractivity contribution in [2.45, 2.75) is 0 Å². The second-order valence-corrected chi connectivity index (χ2v) is 2.91. The van der Waals surface area contributed by atoms with Crippen LogP contribution in [-0.4, -0.2) is 25.7 Å². The van der Waals surface area contributed by atoms with E-state index in [0.29, 0.717) is 0 Å². The molecule has 0 fully saturated rings. The summed E-state index contributed by atoms with van der Waals surface area (Å²) in [4.78, 5) is 0. The van der Waals surface area contributed by atoms with Crippen LogP contribution < -0.4 is 11.5 Å². The molecule has 0 aromatic rings. The number of hydrogen-bond donors (Lipinski definition) is 2. The van der Waals surface area contributed by atoms with Crippen molar-refractivity contribution in [2.24, 2.45) is 11.5 Å². The zero-order valence-electron chi connectivity index (χ0n) is 4.20. The zero-order chi connectivity index (χ0) is 7.15. The molecule has 52 valence electrons. The van der Waals surface area contributed by atoms with E-state index in [1.807, 2.05) is 0 Å². The maximum atomic E-state index is 4.66. The Labute approximate surface area is 86.4 Å². The molecule has 0 aromatic carbocycles. The minimum absolute atomic E-state index is 0. The Balaban J connectivity index is -0.0000000720. The predicted molar refractivity (Wildman–Crippen MR) is 54.1 cm³/mol. The van der Waals surface area contributed by atoms with Gasteiger partial charge in [0.05, 0.1) is 0 Å². The van der Waals surface area contributed by atoms with Gasteiger partial charge in [0.25, 0.3) is 0 Å². The van der Waals surface area contributed by atoms with Gasteiger partial charge in [-0.15, -0.1) is 0 Å². The number of rotatable bonds is 0. The van der Waals surface area contributed by atoms with Crippen LogP contribution in [0.15, 0.2) is 0 Å². The maximum Gasteiger partial charge on any atom is 2.00 e. The van der Waals surface area contributed by atoms with E-state index in [2.05, 4.69) is 61.2 Å². The standard InChI is InChI=1S/2CH3NS2.Se/c2*2-1(3)4;/h2*(H3,2,3,4);/q;;+2/p-2. The van der Waals surface area contributed by atoms with Gasteiger partial charge in [-0.1, -0.05) is 8.64 Å². The third-order valence-electron chi connectivity index (χ3n) is 0. The molecule has 0 heterocycles. The molecule has 9 heavy (non-hydrogen) atoms. The van der Waals surface area contributed by atoms with Crippen LogP contribution in [0.5, 0.6) is 0 Å². The fourth-order valence-corrected chi connectivity index (χ4v) is 0. The summed E-state index contributed by atoms with van der Waals surface area (Å²) in [5.74, 6) is 0. The monoisotopic (exact) mass is 264 g/mol. The Morgan fingerprint density at radius 2 is 1.00 bits per heavy atom. The van der Waals surface area contributed by atoms with E-state index in [9.17, 15) is 0 Å². The van der Waals surface area contributed by atoms with Crippen LogP contribution in [0.25, 0.3) is 0 Å². The molecule has 7 heteroatoms. The molecular weight excluding hydrogens is 259 g/mol. The first-order valence-electron chi connectivity index (χ1n) is 1.39. The SMILES string of the molecule is NC(=S)[S-].NC(=S)[S-].[Se+2]. The minimum Gasteiger partial charge on any atom is -0.415 e. The van der Waals surface area contributed by atoms with E-state index < -0.39 is 0 Å². The van der Waals surface area contributed by atoms with Gasteiger partial charge < -0.3 is 61.2 Å². The molecule has 0 saturated heterocycles. The molecule has 0 amide bonds. The summed E-state index contributed by atoms with van der Waals surface area (Å²) in [5.41, 5.74) is 9.31. The molecule has 0 saturated carbocycles. The average Bonchev–Trinajstić information content (AvgIpc) is 1.25. The first-order chi connectivity index (χ1) is 3.46. The van der Waals surface area contributed by atoms with Gasteiger partial charge >= 0.3 is 17.1 Å². The van der Waals surface area contributed by atoms with Crippen LogP contribution in [0.2, 0.25) is 0 Å². The summed E-state index contributed by atoms with van der Waals surface area (Å²) >= 11 is 16.5. The summed E-state index contributed by atoms with van der Waals surface area (Å²) < 4.78 is 0.167. The average molecular weight is 263 g/mol. The first-order valence-corrected chi connectivity index (χ1v) is 3.03. The molecule has 0 rings (SSSR count). The molecule has 4 N–H and O–H groups in total. The number of hydrogen-bond acceptors (Lipinski definition) is 4. The summed E-state index contributed by atoms with van der Waals surface area (Å²) in [6, 6.07) is 0. The van der Waals surface area contributed by atoms with Gasteiger partial charge in [0.2, 0.25) is 0 Å². The molecule has 0 unspecified atom stereocenters. The smallest absolute Gasteiger partial charge is 0.415 e. The molecule has 0 atom stereocenters. The molecule has 2 nitrogen and oxygen atoms in total. The van der Waals surface area contributed by atoms with Crippen molar-refractivity contribution in [3.05, 3.63) is 0 Å². The van der Waals surface area contributed by atoms with Crippen LogP contribution in [0.1, 0.15) is 0 Å². The summed E-state index contributed by atoms with van der Waals surface area (Å²) in [5, 5.41) is 0. The van der Waals surface area contributed by atoms with Gasteiger partial charge in [-0.3, -0.25) is 0 Å². The Kier molecular flexibility index (Phi) is 21.0. The van der Waals surface area contributed by atoms with E-state index in [1.165, 1.54) is 0 Å². The van der Waals surface area contributed by atoms with Crippen molar-refractivity contribution in [1.29, 1.82) is 0 Å². The molecule has 0 spiro atoms. The van der Waals surface area contributed by atoms with Gasteiger partial charge in [-0.05, 0) is 0 Å². The molecular formula is C2H4N2S4Se. The first kappa shape index (κ1) is 16.4. The van der Waals surface area contributed by atoms with Crippen LogP contribution >= 0.6 is 24.4 Å². The summed E-state index contributed by atoms with van der Waals surface area (Å²) in [6.45, 7) is 0. The van der Waals surface area contributed by atoms with E-state index in [1.54, 1.807) is 0 Å². The Morgan fingerprint density at radius 1 is 1.00 bits per heavy atom. The quantitative estimate of drug-likeness (QED) is 0.338. The minimum atomic E-state index is 0. The molecule has 4 radical (unpaired) electrons. The third kappa shape index (κ3) is 726. The van der Waals surface area contributed by atoms with Crippen LogP contribution in [0, 0.1) is 0 Å². The van der Waals surface area contributed by atoms with Crippen molar-refractivity contribution >= 4 is 75.4 Å². The second kappa shape index (κ2) is 11.5. The largest absolute Gasteiger partial charge is 2.00 e. The fourth-order valence-electron chi connectivity index (χ4n) is 0. The molecule has 0 aliphatic carbocycles. The van der Waals surface area contributed by atoms with Gasteiger partial charge in [0.1, 0.15) is 0 Å². The van der Waals surface area contributed by atoms with Crippen LogP contribution in [-0.2, 0) is 25.3 Å². The Hall–Kier alpha value is 0.739. The van der Waals surface area contributed by atoms with Crippen LogP contribution in [0.4, 0.5) is 0 Å². The van der Waals surface area contributed by atoms with E-state index in [4.69, 9.17) is 0 Å². The third-order valence-corrected chi connectivity index (χ3v) is 0. The molecule has 0 aliphatic rings. The fraction of sp³-hybridized carbons (Fsp3) is 0. The van der Waals surface area contributed by atoms with Crippen molar-refractivity contribution in [2.75, 3.05) is 0 Å². The summed E-state index contributed by atoms with van der Waals surface area (Å²) in [6.07, 6.45) is 0. The Morgan fingerprint density at radius 3 is 1.00 bits per heavy atom. The van der Waals surface area contributed by atoms with Gasteiger partial charge in [-0.2, -0.15) is 0 Å². The topological polar surface area (TPSA) is 52.0 Å². The molecule has 0 aliphatic heterocycles. The van der Waals surface area contributed by atoms with E-state index in [0.717, 1.165) is 0 Å². The second-order valence-electron chi connectivity index (χ2n) is 0.638. The van der Waals surface area contributed by atoms with E-state index in [-0.39, 0.29) is 25.7 Å².